The minimum absolute atomic E-state index is 0.150. The molecule has 4 heteroatoms. The van der Waals surface area contributed by atoms with Gasteiger partial charge in [0.25, 0.3) is 0 Å². The lowest BCUT2D eigenvalue weighted by Crippen LogP contribution is -2.28. The minimum atomic E-state index is -0.357. The second-order valence-electron chi connectivity index (χ2n) is 4.41. The SMILES string of the molecule is CCCC(CCl)(CCl)Cc1cccc(Cl)c1F. The maximum atomic E-state index is 13.8. The summed E-state index contributed by atoms with van der Waals surface area (Å²) in [7, 11) is 0. The average Bonchev–Trinajstić information content (AvgIpc) is 2.34. The Labute approximate surface area is 117 Å². The van der Waals surface area contributed by atoms with Crippen LogP contribution in [0.25, 0.3) is 0 Å². The van der Waals surface area contributed by atoms with E-state index < -0.39 is 0 Å². The molecule has 0 nitrogen and oxygen atoms in total. The number of halogens is 4. The van der Waals surface area contributed by atoms with Crippen molar-refractivity contribution in [3.63, 3.8) is 0 Å². The Hall–Kier alpha value is 0.0200. The number of alkyl halides is 2. The van der Waals surface area contributed by atoms with Crippen molar-refractivity contribution in [3.8, 4) is 0 Å². The van der Waals surface area contributed by atoms with Gasteiger partial charge in [-0.15, -0.1) is 23.2 Å². The van der Waals surface area contributed by atoms with E-state index in [1.54, 1.807) is 18.2 Å². The summed E-state index contributed by atoms with van der Waals surface area (Å²) < 4.78 is 13.8. The van der Waals surface area contributed by atoms with Crippen LogP contribution in [0, 0.1) is 11.2 Å². The minimum Gasteiger partial charge on any atom is -0.205 e. The molecule has 0 atom stereocenters. The summed E-state index contributed by atoms with van der Waals surface area (Å²) in [6, 6.07) is 5.04. The van der Waals surface area contributed by atoms with Gasteiger partial charge >= 0.3 is 0 Å². The molecule has 96 valence electrons. The monoisotopic (exact) mass is 296 g/mol. The first-order valence-corrected chi connectivity index (χ1v) is 7.08. The lowest BCUT2D eigenvalue weighted by Gasteiger charge is -2.29. The molecule has 1 rings (SSSR count). The van der Waals surface area contributed by atoms with Crippen molar-refractivity contribution < 1.29 is 4.39 Å². The first-order chi connectivity index (χ1) is 8.08. The molecule has 0 heterocycles. The molecule has 0 fully saturated rings. The zero-order valence-corrected chi connectivity index (χ0v) is 12.0. The van der Waals surface area contributed by atoms with Crippen LogP contribution in [0.3, 0.4) is 0 Å². The van der Waals surface area contributed by atoms with E-state index in [-0.39, 0.29) is 16.3 Å². The molecule has 0 aliphatic heterocycles. The summed E-state index contributed by atoms with van der Waals surface area (Å²) in [5, 5.41) is 0.150. The summed E-state index contributed by atoms with van der Waals surface area (Å²) >= 11 is 17.8. The second kappa shape index (κ2) is 6.82. The Kier molecular flexibility index (Phi) is 6.05. The van der Waals surface area contributed by atoms with Crippen molar-refractivity contribution >= 4 is 34.8 Å². The zero-order valence-electron chi connectivity index (χ0n) is 9.78. The van der Waals surface area contributed by atoms with Gasteiger partial charge in [-0.25, -0.2) is 4.39 Å². The fraction of sp³-hybridized carbons (Fsp3) is 0.538. The summed E-state index contributed by atoms with van der Waals surface area (Å²) in [6.45, 7) is 2.07. The molecule has 0 radical (unpaired) electrons. The maximum Gasteiger partial charge on any atom is 0.144 e. The van der Waals surface area contributed by atoms with Crippen LogP contribution < -0.4 is 0 Å². The van der Waals surface area contributed by atoms with Gasteiger partial charge in [-0.2, -0.15) is 0 Å². The van der Waals surface area contributed by atoms with E-state index in [0.717, 1.165) is 12.8 Å². The Bertz CT molecular complexity index is 362. The smallest absolute Gasteiger partial charge is 0.144 e. The highest BCUT2D eigenvalue weighted by Crippen LogP contribution is 2.33. The molecular weight excluding hydrogens is 281 g/mol. The normalized spacial score (nSPS) is 11.8. The predicted octanol–water partition coefficient (Wildman–Crippen LogP) is 5.29. The molecule has 17 heavy (non-hydrogen) atoms. The third-order valence-electron chi connectivity index (χ3n) is 2.94. The molecular formula is C13H16Cl3F. The summed E-state index contributed by atoms with van der Waals surface area (Å²) in [5.41, 5.74) is 0.343. The van der Waals surface area contributed by atoms with Crippen LogP contribution in [0.15, 0.2) is 18.2 Å². The number of benzene rings is 1. The van der Waals surface area contributed by atoms with Crippen molar-refractivity contribution in [2.75, 3.05) is 11.8 Å². The van der Waals surface area contributed by atoms with E-state index in [0.29, 0.717) is 23.7 Å². The predicted molar refractivity (Wildman–Crippen MR) is 73.9 cm³/mol. The van der Waals surface area contributed by atoms with Crippen LogP contribution in [-0.4, -0.2) is 11.8 Å². The molecule has 0 aliphatic carbocycles. The van der Waals surface area contributed by atoms with Gasteiger partial charge in [-0.3, -0.25) is 0 Å². The maximum absolute atomic E-state index is 13.8. The summed E-state index contributed by atoms with van der Waals surface area (Å²) in [5.74, 6) is 0.497. The zero-order chi connectivity index (χ0) is 12.9. The van der Waals surface area contributed by atoms with Gasteiger partial charge in [0, 0.05) is 17.2 Å². The van der Waals surface area contributed by atoms with Gasteiger partial charge in [0.15, 0.2) is 0 Å². The average molecular weight is 298 g/mol. The van der Waals surface area contributed by atoms with Crippen molar-refractivity contribution in [2.24, 2.45) is 5.41 Å². The van der Waals surface area contributed by atoms with Crippen molar-refractivity contribution in [2.45, 2.75) is 26.2 Å². The largest absolute Gasteiger partial charge is 0.205 e. The molecule has 0 amide bonds. The topological polar surface area (TPSA) is 0 Å². The van der Waals surface area contributed by atoms with Crippen LogP contribution in [0.5, 0.6) is 0 Å². The van der Waals surface area contributed by atoms with Crippen molar-refractivity contribution in [1.29, 1.82) is 0 Å². The van der Waals surface area contributed by atoms with Crippen LogP contribution in [0.4, 0.5) is 4.39 Å². The quantitative estimate of drug-likeness (QED) is 0.626. The number of rotatable bonds is 6. The molecule has 0 unspecified atom stereocenters. The van der Waals surface area contributed by atoms with E-state index in [4.69, 9.17) is 34.8 Å². The molecule has 0 saturated heterocycles. The van der Waals surface area contributed by atoms with Crippen LogP contribution in [0.2, 0.25) is 5.02 Å². The molecule has 0 saturated carbocycles. The molecule has 0 bridgehead atoms. The first kappa shape index (κ1) is 15.1. The summed E-state index contributed by atoms with van der Waals surface area (Å²) in [6.07, 6.45) is 2.38. The Morgan fingerprint density at radius 3 is 2.41 bits per heavy atom. The fourth-order valence-electron chi connectivity index (χ4n) is 1.97. The third kappa shape index (κ3) is 3.74. The van der Waals surface area contributed by atoms with Gasteiger partial charge < -0.3 is 0 Å². The molecule has 0 spiro atoms. The third-order valence-corrected chi connectivity index (χ3v) is 4.37. The first-order valence-electron chi connectivity index (χ1n) is 5.63. The highest BCUT2D eigenvalue weighted by atomic mass is 35.5. The van der Waals surface area contributed by atoms with Gasteiger partial charge in [0.2, 0.25) is 0 Å². The van der Waals surface area contributed by atoms with Crippen LogP contribution in [-0.2, 0) is 6.42 Å². The van der Waals surface area contributed by atoms with E-state index in [1.807, 2.05) is 0 Å². The fourth-order valence-corrected chi connectivity index (χ4v) is 2.91. The summed E-state index contributed by atoms with van der Waals surface area (Å²) in [4.78, 5) is 0. The highest BCUT2D eigenvalue weighted by Gasteiger charge is 2.29. The Balaban J connectivity index is 2.97. The number of hydrogen-bond acceptors (Lipinski definition) is 0. The van der Waals surface area contributed by atoms with E-state index >= 15 is 0 Å². The molecule has 1 aromatic rings. The number of hydrogen-bond donors (Lipinski definition) is 0. The Morgan fingerprint density at radius 2 is 1.88 bits per heavy atom. The molecule has 0 N–H and O–H groups in total. The molecule has 0 aliphatic rings. The van der Waals surface area contributed by atoms with E-state index in [2.05, 4.69) is 6.92 Å². The molecule has 0 aromatic heterocycles. The lowest BCUT2D eigenvalue weighted by atomic mass is 9.81. The standard InChI is InChI=1S/C13H16Cl3F/c1-2-6-13(8-14,9-15)7-10-4-3-5-11(16)12(10)17/h3-5H,2,6-9H2,1H3. The van der Waals surface area contributed by atoms with Crippen molar-refractivity contribution in [1.82, 2.24) is 0 Å². The Morgan fingerprint density at radius 1 is 1.24 bits per heavy atom. The van der Waals surface area contributed by atoms with E-state index in [9.17, 15) is 4.39 Å². The molecule has 1 aromatic carbocycles. The van der Waals surface area contributed by atoms with Gasteiger partial charge in [0.1, 0.15) is 5.82 Å². The second-order valence-corrected chi connectivity index (χ2v) is 5.35. The lowest BCUT2D eigenvalue weighted by molar-refractivity contribution is 0.336. The highest BCUT2D eigenvalue weighted by molar-refractivity contribution is 6.30. The van der Waals surface area contributed by atoms with Gasteiger partial charge in [0.05, 0.1) is 5.02 Å². The van der Waals surface area contributed by atoms with Gasteiger partial charge in [-0.05, 0) is 24.5 Å². The van der Waals surface area contributed by atoms with Gasteiger partial charge in [-0.1, -0.05) is 37.1 Å². The van der Waals surface area contributed by atoms with E-state index in [1.165, 1.54) is 0 Å². The van der Waals surface area contributed by atoms with Crippen molar-refractivity contribution in [3.05, 3.63) is 34.6 Å². The van der Waals surface area contributed by atoms with Crippen LogP contribution >= 0.6 is 34.8 Å². The van der Waals surface area contributed by atoms with Crippen LogP contribution in [0.1, 0.15) is 25.3 Å².